The second kappa shape index (κ2) is 9.65. The summed E-state index contributed by atoms with van der Waals surface area (Å²) in [5.41, 5.74) is 0.650. The Kier molecular flexibility index (Phi) is 6.35. The van der Waals surface area contributed by atoms with Crippen LogP contribution in [0.5, 0.6) is 11.5 Å². The molecule has 2 aromatic carbocycles. The van der Waals surface area contributed by atoms with E-state index in [0.717, 1.165) is 10.7 Å². The number of ether oxygens (including phenoxy) is 2. The van der Waals surface area contributed by atoms with Crippen LogP contribution in [0, 0.1) is 0 Å². The highest BCUT2D eigenvalue weighted by Crippen LogP contribution is 2.38. The van der Waals surface area contributed by atoms with Crippen molar-refractivity contribution in [1.29, 1.82) is 0 Å². The first-order valence-electron chi connectivity index (χ1n) is 11.4. The number of hydrogen-bond donors (Lipinski definition) is 2. The third-order valence-corrected chi connectivity index (χ3v) is 6.06. The maximum absolute atomic E-state index is 12.9. The fraction of sp³-hybridized carbons (Fsp3) is 0.240. The molecule has 3 heterocycles. The quantitative estimate of drug-likeness (QED) is 0.487. The van der Waals surface area contributed by atoms with Gasteiger partial charge in [-0.3, -0.25) is 24.5 Å². The van der Waals surface area contributed by atoms with E-state index in [1.54, 1.807) is 18.2 Å². The van der Waals surface area contributed by atoms with Gasteiger partial charge in [-0.15, -0.1) is 13.2 Å². The zero-order chi connectivity index (χ0) is 27.0. The van der Waals surface area contributed by atoms with Crippen molar-refractivity contribution >= 4 is 34.6 Å². The van der Waals surface area contributed by atoms with Crippen molar-refractivity contribution in [3.8, 4) is 11.5 Å². The Morgan fingerprint density at radius 1 is 1.21 bits per heavy atom. The number of hydrogen-bond acceptors (Lipinski definition) is 7. The number of carbonyl (C=O) groups excluding carboxylic acids is 3. The van der Waals surface area contributed by atoms with Crippen molar-refractivity contribution in [2.45, 2.75) is 31.8 Å². The Morgan fingerprint density at radius 2 is 2.03 bits per heavy atom. The third kappa shape index (κ3) is 5.08. The van der Waals surface area contributed by atoms with E-state index in [0.29, 0.717) is 16.3 Å². The predicted molar refractivity (Wildman–Crippen MR) is 126 cm³/mol. The standard InChI is InChI=1S/C25H19F3N4O6/c26-25(27,28)38-19-3-1-2-14-9-16(12-37-21(14)19)22(34)29-10-13-4-5-17-15(8-13)11-30-32(24(17)36)18-6-7-20(33)31-23(18)35/h1-5,8-9,11,18H,6-7,10,12H2,(H,29,34)(H,31,33,35). The molecule has 0 spiro atoms. The van der Waals surface area contributed by atoms with E-state index in [4.69, 9.17) is 4.74 Å². The van der Waals surface area contributed by atoms with Crippen molar-refractivity contribution in [2.75, 3.05) is 6.61 Å². The van der Waals surface area contributed by atoms with E-state index in [-0.39, 0.29) is 42.9 Å². The zero-order valence-corrected chi connectivity index (χ0v) is 19.5. The molecule has 3 amide bonds. The second-order valence-corrected chi connectivity index (χ2v) is 8.65. The van der Waals surface area contributed by atoms with Gasteiger partial charge in [0.2, 0.25) is 5.91 Å². The molecular formula is C25H19F3N4O6. The lowest BCUT2D eigenvalue weighted by atomic mass is 10.1. The van der Waals surface area contributed by atoms with Crippen LogP contribution < -0.4 is 25.7 Å². The van der Waals surface area contributed by atoms with Crippen molar-refractivity contribution in [2.24, 2.45) is 0 Å². The average molecular weight is 528 g/mol. The Labute approximate surface area is 212 Å². The molecule has 0 bridgehead atoms. The summed E-state index contributed by atoms with van der Waals surface area (Å²) < 4.78 is 48.3. The maximum Gasteiger partial charge on any atom is 0.573 e. The molecule has 1 saturated heterocycles. The second-order valence-electron chi connectivity index (χ2n) is 8.65. The highest BCUT2D eigenvalue weighted by Gasteiger charge is 2.34. The van der Waals surface area contributed by atoms with E-state index in [1.165, 1.54) is 24.4 Å². The molecule has 2 aliphatic rings. The van der Waals surface area contributed by atoms with Gasteiger partial charge in [0.1, 0.15) is 12.6 Å². The van der Waals surface area contributed by atoms with E-state index in [1.807, 2.05) is 0 Å². The number of piperidine rings is 1. The number of para-hydroxylation sites is 1. The first-order valence-corrected chi connectivity index (χ1v) is 11.4. The topological polar surface area (TPSA) is 129 Å². The molecular weight excluding hydrogens is 509 g/mol. The minimum atomic E-state index is -4.88. The Morgan fingerprint density at radius 3 is 2.79 bits per heavy atom. The van der Waals surface area contributed by atoms with Gasteiger partial charge < -0.3 is 14.8 Å². The molecule has 38 heavy (non-hydrogen) atoms. The van der Waals surface area contributed by atoms with Gasteiger partial charge in [0.05, 0.1) is 17.2 Å². The normalized spacial score (nSPS) is 17.2. The Hall–Kier alpha value is -4.68. The molecule has 0 radical (unpaired) electrons. The summed E-state index contributed by atoms with van der Waals surface area (Å²) in [5.74, 6) is -2.06. The number of imide groups is 1. The molecule has 5 rings (SSSR count). The van der Waals surface area contributed by atoms with Crippen LogP contribution in [0.15, 0.2) is 53.0 Å². The van der Waals surface area contributed by atoms with Gasteiger partial charge >= 0.3 is 6.36 Å². The molecule has 13 heteroatoms. The maximum atomic E-state index is 12.9. The summed E-state index contributed by atoms with van der Waals surface area (Å²) in [6, 6.07) is 7.97. The first-order chi connectivity index (χ1) is 18.1. The van der Waals surface area contributed by atoms with Crippen molar-refractivity contribution in [1.82, 2.24) is 20.4 Å². The predicted octanol–water partition coefficient (Wildman–Crippen LogP) is 2.36. The summed E-state index contributed by atoms with van der Waals surface area (Å²) in [6.07, 6.45) is -1.74. The number of aromatic nitrogens is 2. The molecule has 0 aliphatic carbocycles. The van der Waals surface area contributed by atoms with Crippen LogP contribution in [0.3, 0.4) is 0 Å². The van der Waals surface area contributed by atoms with Gasteiger partial charge in [-0.25, -0.2) is 4.68 Å². The van der Waals surface area contributed by atoms with E-state index < -0.39 is 41.4 Å². The number of benzene rings is 2. The third-order valence-electron chi connectivity index (χ3n) is 6.06. The van der Waals surface area contributed by atoms with Crippen LogP contribution in [0.1, 0.15) is 30.0 Å². The molecule has 10 nitrogen and oxygen atoms in total. The minimum absolute atomic E-state index is 0.0897. The van der Waals surface area contributed by atoms with Gasteiger partial charge in [-0.1, -0.05) is 18.2 Å². The summed E-state index contributed by atoms with van der Waals surface area (Å²) >= 11 is 0. The molecule has 1 aromatic heterocycles. The van der Waals surface area contributed by atoms with Crippen LogP contribution in [0.2, 0.25) is 0 Å². The fourth-order valence-electron chi connectivity index (χ4n) is 4.27. The summed E-state index contributed by atoms with van der Waals surface area (Å²) in [6.45, 7) is -0.162. The van der Waals surface area contributed by atoms with Gasteiger partial charge in [0.25, 0.3) is 17.4 Å². The molecule has 196 valence electrons. The fourth-order valence-corrected chi connectivity index (χ4v) is 4.27. The van der Waals surface area contributed by atoms with Crippen LogP contribution in [-0.2, 0) is 20.9 Å². The summed E-state index contributed by atoms with van der Waals surface area (Å²) in [7, 11) is 0. The lowest BCUT2D eigenvalue weighted by molar-refractivity contribution is -0.275. The molecule has 0 saturated carbocycles. The van der Waals surface area contributed by atoms with Crippen molar-refractivity contribution < 1.29 is 37.0 Å². The molecule has 1 fully saturated rings. The number of carbonyl (C=O) groups is 3. The van der Waals surface area contributed by atoms with Gasteiger partial charge in [0.15, 0.2) is 11.5 Å². The molecule has 2 N–H and O–H groups in total. The smallest absolute Gasteiger partial charge is 0.484 e. The van der Waals surface area contributed by atoms with Gasteiger partial charge in [-0.05, 0) is 36.3 Å². The lowest BCUT2D eigenvalue weighted by Gasteiger charge is -2.22. The number of alkyl halides is 3. The van der Waals surface area contributed by atoms with Gasteiger partial charge in [-0.2, -0.15) is 5.10 Å². The highest BCUT2D eigenvalue weighted by atomic mass is 19.4. The summed E-state index contributed by atoms with van der Waals surface area (Å²) in [4.78, 5) is 49.1. The van der Waals surface area contributed by atoms with E-state index in [9.17, 15) is 32.3 Å². The van der Waals surface area contributed by atoms with Crippen LogP contribution in [0.25, 0.3) is 16.8 Å². The van der Waals surface area contributed by atoms with Crippen molar-refractivity contribution in [3.05, 3.63) is 69.6 Å². The molecule has 1 unspecified atom stereocenters. The molecule has 3 aromatic rings. The first kappa shape index (κ1) is 25.0. The lowest BCUT2D eigenvalue weighted by Crippen LogP contribution is -2.45. The number of rotatable bonds is 5. The molecule has 1 atom stereocenters. The minimum Gasteiger partial charge on any atom is -0.484 e. The van der Waals surface area contributed by atoms with E-state index in [2.05, 4.69) is 20.5 Å². The Balaban J connectivity index is 1.29. The number of amides is 3. The largest absolute Gasteiger partial charge is 0.573 e. The highest BCUT2D eigenvalue weighted by molar-refractivity contribution is 6.00. The zero-order valence-electron chi connectivity index (χ0n) is 19.5. The van der Waals surface area contributed by atoms with E-state index >= 15 is 0 Å². The number of nitrogens with zero attached hydrogens (tertiary/aromatic N) is 2. The molecule has 2 aliphatic heterocycles. The van der Waals surface area contributed by atoms with Crippen molar-refractivity contribution in [3.63, 3.8) is 0 Å². The van der Waals surface area contributed by atoms with Crippen LogP contribution in [-0.4, -0.2) is 40.5 Å². The van der Waals surface area contributed by atoms with Crippen LogP contribution in [0.4, 0.5) is 13.2 Å². The SMILES string of the molecule is O=C1CCC(n2ncc3cc(CNC(=O)C4=Cc5cccc(OC(F)(F)F)c5OC4)ccc3c2=O)C(=O)N1. The average Bonchev–Trinajstić information content (AvgIpc) is 2.87. The number of nitrogens with one attached hydrogen (secondary N) is 2. The van der Waals surface area contributed by atoms with Crippen LogP contribution >= 0.6 is 0 Å². The number of halogens is 3. The summed E-state index contributed by atoms with van der Waals surface area (Å²) in [5, 5.41) is 9.84. The number of fused-ring (bicyclic) bond motifs is 2. The van der Waals surface area contributed by atoms with Gasteiger partial charge in [0, 0.05) is 23.9 Å². The monoisotopic (exact) mass is 528 g/mol. The Bertz CT molecular complexity index is 1560.